The number of halogens is 1. The lowest BCUT2D eigenvalue weighted by Crippen LogP contribution is -2.44. The Labute approximate surface area is 203 Å². The highest BCUT2D eigenvalue weighted by molar-refractivity contribution is 6.05. The van der Waals surface area contributed by atoms with Gasteiger partial charge in [0, 0.05) is 23.9 Å². The van der Waals surface area contributed by atoms with Crippen molar-refractivity contribution in [2.75, 3.05) is 33.2 Å². The van der Waals surface area contributed by atoms with Gasteiger partial charge in [-0.1, -0.05) is 18.2 Å². The van der Waals surface area contributed by atoms with Crippen molar-refractivity contribution in [3.8, 4) is 17.2 Å². The van der Waals surface area contributed by atoms with Crippen LogP contribution in [-0.4, -0.2) is 44.6 Å². The second-order valence-corrected chi connectivity index (χ2v) is 8.10. The largest absolute Gasteiger partial charge is 0.494 e. The number of rotatable bonds is 7. The van der Waals surface area contributed by atoms with Crippen LogP contribution in [0.25, 0.3) is 0 Å². The van der Waals surface area contributed by atoms with Gasteiger partial charge in [-0.05, 0) is 55.0 Å². The maximum Gasteiger partial charge on any atom is 0.254 e. The maximum absolute atomic E-state index is 15.0. The third-order valence-corrected chi connectivity index (χ3v) is 6.11. The molecule has 182 valence electrons. The third-order valence-electron chi connectivity index (χ3n) is 6.11. The van der Waals surface area contributed by atoms with Crippen molar-refractivity contribution < 1.29 is 28.2 Å². The van der Waals surface area contributed by atoms with Gasteiger partial charge in [0.25, 0.3) is 5.91 Å². The highest BCUT2D eigenvalue weighted by Gasteiger charge is 2.44. The molecule has 35 heavy (non-hydrogen) atoms. The van der Waals surface area contributed by atoms with E-state index >= 15 is 0 Å². The predicted molar refractivity (Wildman–Crippen MR) is 130 cm³/mol. The molecule has 1 aliphatic heterocycles. The Bertz CT molecular complexity index is 1240. The number of anilines is 1. The zero-order valence-electron chi connectivity index (χ0n) is 20.0. The average molecular weight is 479 g/mol. The minimum absolute atomic E-state index is 0.246. The molecule has 4 rings (SSSR count). The fourth-order valence-corrected chi connectivity index (χ4v) is 4.46. The SMILES string of the molecule is CCOc1ccc(NC(=O)[C@H]2c3cc(OC)c(OC)cc3C(=O)N(C)[C@H]2c2ccccc2F)cc1. The summed E-state index contributed by atoms with van der Waals surface area (Å²) >= 11 is 0. The van der Waals surface area contributed by atoms with E-state index in [9.17, 15) is 14.0 Å². The van der Waals surface area contributed by atoms with Crippen molar-refractivity contribution in [1.82, 2.24) is 4.90 Å². The van der Waals surface area contributed by atoms with Crippen LogP contribution in [0, 0.1) is 5.82 Å². The first-order chi connectivity index (χ1) is 16.9. The molecule has 0 fully saturated rings. The number of ether oxygens (including phenoxy) is 3. The number of amides is 2. The second kappa shape index (κ2) is 10.0. The van der Waals surface area contributed by atoms with Crippen LogP contribution in [0.4, 0.5) is 10.1 Å². The predicted octanol–water partition coefficient (Wildman–Crippen LogP) is 4.79. The first-order valence-electron chi connectivity index (χ1n) is 11.2. The van der Waals surface area contributed by atoms with Gasteiger partial charge in [-0.2, -0.15) is 0 Å². The fourth-order valence-electron chi connectivity index (χ4n) is 4.46. The van der Waals surface area contributed by atoms with Gasteiger partial charge in [0.1, 0.15) is 11.6 Å². The molecule has 8 heteroatoms. The van der Waals surface area contributed by atoms with E-state index in [1.54, 1.807) is 61.6 Å². The van der Waals surface area contributed by atoms with Crippen LogP contribution in [0.15, 0.2) is 60.7 Å². The number of likely N-dealkylation sites (N-methyl/N-ethyl adjacent to an activating group) is 1. The summed E-state index contributed by atoms with van der Waals surface area (Å²) in [6.45, 7) is 2.42. The van der Waals surface area contributed by atoms with Crippen LogP contribution in [0.2, 0.25) is 0 Å². The second-order valence-electron chi connectivity index (χ2n) is 8.10. The molecule has 0 unspecified atom stereocenters. The number of nitrogens with zero attached hydrogens (tertiary/aromatic N) is 1. The number of fused-ring (bicyclic) bond motifs is 1. The number of carbonyl (C=O) groups is 2. The van der Waals surface area contributed by atoms with Gasteiger partial charge >= 0.3 is 0 Å². The van der Waals surface area contributed by atoms with Crippen molar-refractivity contribution in [3.05, 3.63) is 83.2 Å². The zero-order valence-corrected chi connectivity index (χ0v) is 20.0. The monoisotopic (exact) mass is 478 g/mol. The van der Waals surface area contributed by atoms with Crippen molar-refractivity contribution in [2.45, 2.75) is 18.9 Å². The number of methoxy groups -OCH3 is 2. The highest BCUT2D eigenvalue weighted by atomic mass is 19.1. The van der Waals surface area contributed by atoms with Crippen LogP contribution >= 0.6 is 0 Å². The Morgan fingerprint density at radius 3 is 2.29 bits per heavy atom. The molecule has 2 atom stereocenters. The highest BCUT2D eigenvalue weighted by Crippen LogP contribution is 2.46. The molecule has 3 aromatic carbocycles. The number of benzene rings is 3. The summed E-state index contributed by atoms with van der Waals surface area (Å²) in [7, 11) is 4.51. The smallest absolute Gasteiger partial charge is 0.254 e. The number of hydrogen-bond acceptors (Lipinski definition) is 5. The van der Waals surface area contributed by atoms with Gasteiger partial charge in [0.05, 0.1) is 32.8 Å². The summed E-state index contributed by atoms with van der Waals surface area (Å²) in [5.41, 5.74) is 1.52. The van der Waals surface area contributed by atoms with E-state index in [1.807, 2.05) is 6.92 Å². The molecular weight excluding hydrogens is 451 g/mol. The normalized spacial score (nSPS) is 16.9. The topological polar surface area (TPSA) is 77.1 Å². The van der Waals surface area contributed by atoms with E-state index < -0.39 is 23.7 Å². The lowest BCUT2D eigenvalue weighted by molar-refractivity contribution is -0.119. The summed E-state index contributed by atoms with van der Waals surface area (Å²) in [5, 5.41) is 2.92. The Kier molecular flexibility index (Phi) is 6.91. The molecule has 0 radical (unpaired) electrons. The number of nitrogens with one attached hydrogen (secondary N) is 1. The van der Waals surface area contributed by atoms with Crippen molar-refractivity contribution in [3.63, 3.8) is 0 Å². The van der Waals surface area contributed by atoms with Crippen molar-refractivity contribution in [2.24, 2.45) is 0 Å². The third kappa shape index (κ3) is 4.51. The van der Waals surface area contributed by atoms with Crippen LogP contribution in [0.3, 0.4) is 0 Å². The molecule has 2 amide bonds. The molecule has 7 nitrogen and oxygen atoms in total. The molecular formula is C27H27FN2O5. The van der Waals surface area contributed by atoms with Crippen molar-refractivity contribution in [1.29, 1.82) is 0 Å². The molecule has 0 saturated heterocycles. The van der Waals surface area contributed by atoms with Gasteiger partial charge in [0.15, 0.2) is 11.5 Å². The quantitative estimate of drug-likeness (QED) is 0.528. The average Bonchev–Trinajstić information content (AvgIpc) is 2.87. The lowest BCUT2D eigenvalue weighted by Gasteiger charge is -2.40. The lowest BCUT2D eigenvalue weighted by atomic mass is 9.79. The summed E-state index contributed by atoms with van der Waals surface area (Å²) < 4.78 is 31.2. The first-order valence-corrected chi connectivity index (χ1v) is 11.2. The summed E-state index contributed by atoms with van der Waals surface area (Å²) in [6.07, 6.45) is 0. The Morgan fingerprint density at radius 1 is 1.00 bits per heavy atom. The van der Waals surface area contributed by atoms with Gasteiger partial charge in [-0.3, -0.25) is 9.59 Å². The minimum Gasteiger partial charge on any atom is -0.494 e. The van der Waals surface area contributed by atoms with Gasteiger partial charge in [-0.25, -0.2) is 4.39 Å². The van der Waals surface area contributed by atoms with Gasteiger partial charge in [0.2, 0.25) is 5.91 Å². The Hall–Kier alpha value is -4.07. The molecule has 0 aromatic heterocycles. The summed E-state index contributed by atoms with van der Waals surface area (Å²) in [6, 6.07) is 15.4. The van der Waals surface area contributed by atoms with E-state index in [4.69, 9.17) is 14.2 Å². The molecule has 0 spiro atoms. The van der Waals surface area contributed by atoms with Gasteiger partial charge in [-0.15, -0.1) is 0 Å². The number of carbonyl (C=O) groups excluding carboxylic acids is 2. The Balaban J connectivity index is 1.83. The van der Waals surface area contributed by atoms with E-state index in [2.05, 4.69) is 5.32 Å². The summed E-state index contributed by atoms with van der Waals surface area (Å²) in [5.74, 6) is -0.747. The van der Waals surface area contributed by atoms with E-state index in [0.717, 1.165) is 0 Å². The van der Waals surface area contributed by atoms with Gasteiger partial charge < -0.3 is 24.4 Å². The molecule has 1 N–H and O–H groups in total. The molecule has 0 bridgehead atoms. The standard InChI is InChI=1S/C27H27FN2O5/c1-5-35-17-12-10-16(11-13-17)29-26(31)24-19-14-22(33-3)23(34-4)15-20(19)27(32)30(2)25(24)18-8-6-7-9-21(18)28/h6-15,24-25H,5H2,1-4H3,(H,29,31)/t24-,25-/m0/s1. The molecule has 1 aliphatic rings. The fraction of sp³-hybridized carbons (Fsp3) is 0.259. The minimum atomic E-state index is -0.920. The van der Waals surface area contributed by atoms with E-state index in [1.165, 1.54) is 25.2 Å². The summed E-state index contributed by atoms with van der Waals surface area (Å²) in [4.78, 5) is 28.5. The van der Waals surface area contributed by atoms with Crippen LogP contribution < -0.4 is 19.5 Å². The maximum atomic E-state index is 15.0. The Morgan fingerprint density at radius 2 is 1.66 bits per heavy atom. The van der Waals surface area contributed by atoms with Crippen LogP contribution in [0.5, 0.6) is 17.2 Å². The van der Waals surface area contributed by atoms with E-state index in [-0.39, 0.29) is 11.5 Å². The first kappa shape index (κ1) is 24.1. The zero-order chi connectivity index (χ0) is 25.1. The molecule has 3 aromatic rings. The number of hydrogen-bond donors (Lipinski definition) is 1. The molecule has 0 saturated carbocycles. The van der Waals surface area contributed by atoms with Crippen molar-refractivity contribution >= 4 is 17.5 Å². The molecule has 0 aliphatic carbocycles. The van der Waals surface area contributed by atoms with Crippen LogP contribution in [-0.2, 0) is 4.79 Å². The molecule has 1 heterocycles. The van der Waals surface area contributed by atoms with E-state index in [0.29, 0.717) is 40.7 Å². The van der Waals surface area contributed by atoms with Crippen LogP contribution in [0.1, 0.15) is 40.4 Å².